The van der Waals surface area contributed by atoms with Gasteiger partial charge in [-0.05, 0) is 11.0 Å². The van der Waals surface area contributed by atoms with E-state index in [1.165, 1.54) is 23.7 Å². The van der Waals surface area contributed by atoms with Gasteiger partial charge in [0.2, 0.25) is 0 Å². The number of hydrogen-bond donors (Lipinski definition) is 1. The summed E-state index contributed by atoms with van der Waals surface area (Å²) in [5.41, 5.74) is 0.360. The second-order valence-electron chi connectivity index (χ2n) is 3.94. The monoisotopic (exact) mass is 274 g/mol. The van der Waals surface area contributed by atoms with Gasteiger partial charge < -0.3 is 20.3 Å². The van der Waals surface area contributed by atoms with E-state index < -0.39 is 4.92 Å². The average Bonchev–Trinajstić information content (AvgIpc) is 2.71. The number of nitrogens with zero attached hydrogens (tertiary/aromatic N) is 3. The molecule has 7 nitrogen and oxygen atoms in total. The Balaban J connectivity index is 0.00000162. The molecule has 1 amide bonds. The number of amides is 1. The van der Waals surface area contributed by atoms with Crippen molar-refractivity contribution in [3.8, 4) is 0 Å². The molecular weight excluding hydrogens is 260 g/mol. The van der Waals surface area contributed by atoms with E-state index in [9.17, 15) is 14.9 Å². The van der Waals surface area contributed by atoms with Crippen molar-refractivity contribution in [3.05, 3.63) is 27.9 Å². The zero-order chi connectivity index (χ0) is 12.4. The van der Waals surface area contributed by atoms with Crippen LogP contribution >= 0.6 is 12.4 Å². The van der Waals surface area contributed by atoms with E-state index in [1.807, 2.05) is 0 Å². The van der Waals surface area contributed by atoms with Crippen LogP contribution in [0.15, 0.2) is 12.1 Å². The predicted octanol–water partition coefficient (Wildman–Crippen LogP) is 0.400. The standard InChI is InChI=1S/C10H14N4O3.ClH/c1-12-8(2-3-9(12)14(16)17)10(15)13-6-4-11-5-7-13;/h2-3,11H,4-7H2,1H3;1H. The van der Waals surface area contributed by atoms with Crippen LogP contribution < -0.4 is 5.32 Å². The molecule has 8 heteroatoms. The van der Waals surface area contributed by atoms with Crippen LogP contribution in [0.2, 0.25) is 0 Å². The van der Waals surface area contributed by atoms with Crippen LogP contribution in [0.3, 0.4) is 0 Å². The minimum absolute atomic E-state index is 0. The number of carbonyl (C=O) groups is 1. The maximum absolute atomic E-state index is 12.1. The van der Waals surface area contributed by atoms with Gasteiger partial charge in [-0.2, -0.15) is 0 Å². The first-order valence-electron chi connectivity index (χ1n) is 5.41. The Morgan fingerprint density at radius 1 is 1.39 bits per heavy atom. The van der Waals surface area contributed by atoms with E-state index >= 15 is 0 Å². The molecule has 1 aromatic heterocycles. The van der Waals surface area contributed by atoms with Gasteiger partial charge in [0.1, 0.15) is 0 Å². The molecule has 0 aliphatic carbocycles. The van der Waals surface area contributed by atoms with Crippen LogP contribution in [0.4, 0.5) is 5.82 Å². The molecule has 2 rings (SSSR count). The molecular formula is C10H15ClN4O3. The summed E-state index contributed by atoms with van der Waals surface area (Å²) >= 11 is 0. The van der Waals surface area contributed by atoms with E-state index in [0.29, 0.717) is 18.8 Å². The second-order valence-corrected chi connectivity index (χ2v) is 3.94. The maximum atomic E-state index is 12.1. The number of carbonyl (C=O) groups excluding carboxylic acids is 1. The normalized spacial score (nSPS) is 15.1. The highest BCUT2D eigenvalue weighted by atomic mass is 35.5. The fourth-order valence-corrected chi connectivity index (χ4v) is 1.93. The lowest BCUT2D eigenvalue weighted by Gasteiger charge is -2.26. The summed E-state index contributed by atoms with van der Waals surface area (Å²) in [5, 5.41) is 13.8. The molecule has 1 aromatic rings. The topological polar surface area (TPSA) is 80.4 Å². The lowest BCUT2D eigenvalue weighted by molar-refractivity contribution is -0.391. The van der Waals surface area contributed by atoms with Crippen molar-refractivity contribution in [3.63, 3.8) is 0 Å². The van der Waals surface area contributed by atoms with Crippen LogP contribution in [-0.4, -0.2) is 46.5 Å². The Bertz CT molecular complexity index is 454. The molecule has 0 spiro atoms. The molecule has 1 saturated heterocycles. The van der Waals surface area contributed by atoms with E-state index in [-0.39, 0.29) is 24.1 Å². The maximum Gasteiger partial charge on any atom is 0.323 e. The van der Waals surface area contributed by atoms with Gasteiger partial charge in [0.15, 0.2) is 5.69 Å². The Morgan fingerprint density at radius 3 is 2.50 bits per heavy atom. The summed E-state index contributed by atoms with van der Waals surface area (Å²) < 4.78 is 1.32. The molecule has 1 fully saturated rings. The third-order valence-corrected chi connectivity index (χ3v) is 2.91. The van der Waals surface area contributed by atoms with Gasteiger partial charge in [0, 0.05) is 32.2 Å². The number of nitrogens with one attached hydrogen (secondary N) is 1. The SMILES string of the molecule is Cl.Cn1c(C(=O)N2CCNCC2)ccc1[N+](=O)[O-]. The summed E-state index contributed by atoms with van der Waals surface area (Å²) in [5.74, 6) is -0.217. The quantitative estimate of drug-likeness (QED) is 0.625. The largest absolute Gasteiger partial charge is 0.358 e. The number of halogens is 1. The van der Waals surface area contributed by atoms with Gasteiger partial charge in [-0.1, -0.05) is 0 Å². The van der Waals surface area contributed by atoms with Crippen molar-refractivity contribution < 1.29 is 9.72 Å². The third-order valence-electron chi connectivity index (χ3n) is 2.91. The van der Waals surface area contributed by atoms with Crippen molar-refractivity contribution in [2.45, 2.75) is 0 Å². The summed E-state index contributed by atoms with van der Waals surface area (Å²) in [6.45, 7) is 2.80. The fourth-order valence-electron chi connectivity index (χ4n) is 1.93. The van der Waals surface area contributed by atoms with Gasteiger partial charge in [0.25, 0.3) is 5.91 Å². The van der Waals surface area contributed by atoms with Crippen molar-refractivity contribution in [1.29, 1.82) is 0 Å². The van der Waals surface area contributed by atoms with Crippen molar-refractivity contribution in [2.24, 2.45) is 7.05 Å². The Labute approximate surface area is 110 Å². The van der Waals surface area contributed by atoms with E-state index in [4.69, 9.17) is 0 Å². The molecule has 18 heavy (non-hydrogen) atoms. The van der Waals surface area contributed by atoms with E-state index in [2.05, 4.69) is 5.32 Å². The lowest BCUT2D eigenvalue weighted by atomic mass is 10.3. The first-order chi connectivity index (χ1) is 8.11. The zero-order valence-electron chi connectivity index (χ0n) is 9.96. The average molecular weight is 275 g/mol. The molecule has 1 aliphatic heterocycles. The van der Waals surface area contributed by atoms with Crippen molar-refractivity contribution >= 4 is 24.1 Å². The minimum atomic E-state index is -0.492. The van der Waals surface area contributed by atoms with E-state index in [1.54, 1.807) is 4.90 Å². The first-order valence-corrected chi connectivity index (χ1v) is 5.41. The lowest BCUT2D eigenvalue weighted by Crippen LogP contribution is -2.46. The molecule has 0 bridgehead atoms. The van der Waals surface area contributed by atoms with Gasteiger partial charge >= 0.3 is 5.82 Å². The molecule has 100 valence electrons. The molecule has 1 aliphatic rings. The molecule has 0 atom stereocenters. The number of hydrogen-bond acceptors (Lipinski definition) is 4. The van der Waals surface area contributed by atoms with E-state index in [0.717, 1.165) is 13.1 Å². The van der Waals surface area contributed by atoms with Crippen LogP contribution in [0.25, 0.3) is 0 Å². The minimum Gasteiger partial charge on any atom is -0.358 e. The zero-order valence-corrected chi connectivity index (χ0v) is 10.8. The first kappa shape index (κ1) is 14.5. The molecule has 2 heterocycles. The number of rotatable bonds is 2. The Hall–Kier alpha value is -1.60. The fraction of sp³-hybridized carbons (Fsp3) is 0.500. The molecule has 0 aromatic carbocycles. The highest BCUT2D eigenvalue weighted by Gasteiger charge is 2.25. The third kappa shape index (κ3) is 2.62. The Morgan fingerprint density at radius 2 is 2.00 bits per heavy atom. The van der Waals surface area contributed by atoms with Crippen molar-refractivity contribution in [1.82, 2.24) is 14.8 Å². The van der Waals surface area contributed by atoms with Crippen LogP contribution in [0.5, 0.6) is 0 Å². The van der Waals surface area contributed by atoms with Crippen LogP contribution in [-0.2, 0) is 7.05 Å². The van der Waals surface area contributed by atoms with Gasteiger partial charge in [-0.15, -0.1) is 12.4 Å². The highest BCUT2D eigenvalue weighted by molar-refractivity contribution is 5.93. The van der Waals surface area contributed by atoms with Crippen LogP contribution in [0, 0.1) is 10.1 Å². The number of piperazine rings is 1. The second kappa shape index (κ2) is 5.83. The number of aromatic nitrogens is 1. The molecule has 1 N–H and O–H groups in total. The summed E-state index contributed by atoms with van der Waals surface area (Å²) in [7, 11) is 1.54. The molecule has 0 saturated carbocycles. The van der Waals surface area contributed by atoms with Gasteiger partial charge in [0.05, 0.1) is 7.05 Å². The summed E-state index contributed by atoms with van der Waals surface area (Å²) in [4.78, 5) is 24.0. The highest BCUT2D eigenvalue weighted by Crippen LogP contribution is 2.16. The molecule has 0 unspecified atom stereocenters. The smallest absolute Gasteiger partial charge is 0.323 e. The Kier molecular flexibility index (Phi) is 4.69. The molecule has 0 radical (unpaired) electrons. The van der Waals surface area contributed by atoms with Gasteiger partial charge in [-0.3, -0.25) is 4.79 Å². The van der Waals surface area contributed by atoms with Crippen LogP contribution in [0.1, 0.15) is 10.5 Å². The predicted molar refractivity (Wildman–Crippen MR) is 68.1 cm³/mol. The van der Waals surface area contributed by atoms with Gasteiger partial charge in [-0.25, -0.2) is 4.57 Å². The summed E-state index contributed by atoms with van der Waals surface area (Å²) in [6, 6.07) is 2.86. The van der Waals surface area contributed by atoms with Crippen molar-refractivity contribution in [2.75, 3.05) is 26.2 Å². The number of nitro groups is 1. The summed E-state index contributed by atoms with van der Waals surface area (Å²) in [6.07, 6.45) is 0.